The molecule has 6 atom stereocenters. The fraction of sp³-hybridized carbons (Fsp3) is 0.655. The highest BCUT2D eigenvalue weighted by Crippen LogP contribution is 2.63. The van der Waals surface area contributed by atoms with Crippen molar-refractivity contribution in [3.63, 3.8) is 0 Å². The molecule has 0 aromatic heterocycles. The number of rotatable bonds is 5. The van der Waals surface area contributed by atoms with Crippen LogP contribution in [0.2, 0.25) is 19.6 Å². The van der Waals surface area contributed by atoms with Gasteiger partial charge in [0.1, 0.15) is 12.4 Å². The van der Waals surface area contributed by atoms with Crippen LogP contribution in [0.25, 0.3) is 0 Å². The zero-order valence-corrected chi connectivity index (χ0v) is 22.6. The maximum Gasteiger partial charge on any atom is 0.184 e. The first kappa shape index (κ1) is 24.0. The SMILES string of the molecule is C[C@]12CCC(O[Si](C)(C)C)CC1=CC[C@@H]1[C@@H]2C(=O)C[C@]2(C)/C(=N/OCc3ccccc3)CC[C@@H]12. The van der Waals surface area contributed by atoms with E-state index in [1.54, 1.807) is 0 Å². The minimum Gasteiger partial charge on any atom is -0.414 e. The quantitative estimate of drug-likeness (QED) is 0.262. The molecule has 0 radical (unpaired) electrons. The molecule has 0 saturated heterocycles. The molecular formula is C29H41NO3Si. The normalized spacial score (nSPS) is 38.7. The Kier molecular flexibility index (Phi) is 6.17. The van der Waals surface area contributed by atoms with Gasteiger partial charge in [-0.25, -0.2) is 0 Å². The molecule has 4 aliphatic carbocycles. The second-order valence-electron chi connectivity index (χ2n) is 12.6. The second-order valence-corrected chi connectivity index (χ2v) is 17.1. The van der Waals surface area contributed by atoms with Crippen molar-refractivity contribution < 1.29 is 14.1 Å². The largest absolute Gasteiger partial charge is 0.414 e. The predicted molar refractivity (Wildman–Crippen MR) is 139 cm³/mol. The van der Waals surface area contributed by atoms with Gasteiger partial charge in [-0.2, -0.15) is 0 Å². The van der Waals surface area contributed by atoms with Gasteiger partial charge in [-0.05, 0) is 81.0 Å². The van der Waals surface area contributed by atoms with Crippen molar-refractivity contribution in [3.05, 3.63) is 47.5 Å². The Morgan fingerprint density at radius 3 is 2.59 bits per heavy atom. The molecule has 0 spiro atoms. The fourth-order valence-corrected chi connectivity index (χ4v) is 8.96. The third-order valence-electron chi connectivity index (χ3n) is 9.26. The molecule has 1 aromatic rings. The van der Waals surface area contributed by atoms with E-state index in [0.717, 1.165) is 49.8 Å². The van der Waals surface area contributed by atoms with E-state index in [2.05, 4.69) is 56.9 Å². The zero-order chi connectivity index (χ0) is 24.1. The lowest BCUT2D eigenvalue weighted by atomic mass is 9.47. The van der Waals surface area contributed by atoms with Gasteiger partial charge in [0.2, 0.25) is 0 Å². The molecule has 1 unspecified atom stereocenters. The maximum atomic E-state index is 13.8. The van der Waals surface area contributed by atoms with E-state index < -0.39 is 8.32 Å². The van der Waals surface area contributed by atoms with E-state index in [-0.39, 0.29) is 16.7 Å². The second kappa shape index (κ2) is 8.74. The van der Waals surface area contributed by atoms with Crippen LogP contribution in [-0.4, -0.2) is 25.9 Å². The molecule has 34 heavy (non-hydrogen) atoms. The maximum absolute atomic E-state index is 13.8. The van der Waals surface area contributed by atoms with Gasteiger partial charge in [0.05, 0.1) is 5.71 Å². The summed E-state index contributed by atoms with van der Waals surface area (Å²) in [6, 6.07) is 10.2. The highest BCUT2D eigenvalue weighted by Gasteiger charge is 2.61. The third-order valence-corrected chi connectivity index (χ3v) is 10.3. The molecule has 5 rings (SSSR count). The fourth-order valence-electron chi connectivity index (χ4n) is 7.76. The molecule has 0 bridgehead atoms. The van der Waals surface area contributed by atoms with Gasteiger partial charge in [0, 0.05) is 23.9 Å². The Morgan fingerprint density at radius 1 is 1.09 bits per heavy atom. The summed E-state index contributed by atoms with van der Waals surface area (Å²) < 4.78 is 6.49. The van der Waals surface area contributed by atoms with Crippen LogP contribution in [0.4, 0.5) is 0 Å². The van der Waals surface area contributed by atoms with E-state index in [9.17, 15) is 4.79 Å². The van der Waals surface area contributed by atoms with Crippen LogP contribution in [-0.2, 0) is 20.7 Å². The zero-order valence-electron chi connectivity index (χ0n) is 21.6. The number of carbonyl (C=O) groups excluding carboxylic acids is 1. The molecule has 0 heterocycles. The molecule has 4 aliphatic rings. The van der Waals surface area contributed by atoms with Gasteiger partial charge < -0.3 is 9.26 Å². The number of ketones is 1. The number of fused-ring (bicyclic) bond motifs is 5. The van der Waals surface area contributed by atoms with Crippen molar-refractivity contribution in [1.82, 2.24) is 0 Å². The summed E-state index contributed by atoms with van der Waals surface area (Å²) >= 11 is 0. The van der Waals surface area contributed by atoms with Crippen LogP contribution in [0.3, 0.4) is 0 Å². The number of oxime groups is 1. The number of hydrogen-bond donors (Lipinski definition) is 0. The first-order chi connectivity index (χ1) is 16.1. The summed E-state index contributed by atoms with van der Waals surface area (Å²) in [5.41, 5.74) is 3.57. The Hall–Kier alpha value is -1.72. The Balaban J connectivity index is 1.34. The van der Waals surface area contributed by atoms with E-state index in [4.69, 9.17) is 9.26 Å². The van der Waals surface area contributed by atoms with Gasteiger partial charge in [0.15, 0.2) is 8.32 Å². The molecule has 5 heteroatoms. The molecule has 1 aromatic carbocycles. The Morgan fingerprint density at radius 2 is 1.85 bits per heavy atom. The van der Waals surface area contributed by atoms with E-state index in [1.807, 2.05) is 18.2 Å². The van der Waals surface area contributed by atoms with Crippen molar-refractivity contribution in [2.75, 3.05) is 0 Å². The van der Waals surface area contributed by atoms with Crippen LogP contribution >= 0.6 is 0 Å². The van der Waals surface area contributed by atoms with E-state index in [0.29, 0.717) is 36.8 Å². The van der Waals surface area contributed by atoms with Crippen molar-refractivity contribution in [1.29, 1.82) is 0 Å². The predicted octanol–water partition coefficient (Wildman–Crippen LogP) is 6.92. The standard InChI is InChI=1S/C29H41NO3Si/c1-28-16-15-22(33-34(3,4)5)17-21(28)11-12-23-24-13-14-26(29(24,2)18-25(31)27(23)28)30-32-19-20-9-7-6-8-10-20/h6-11,22-24,27H,12-19H2,1-5H3/b30-26+/t22?,23-,24-,27+,28-,29-/m0/s1. The van der Waals surface area contributed by atoms with Crippen molar-refractivity contribution in [2.45, 2.75) is 91.1 Å². The van der Waals surface area contributed by atoms with Crippen LogP contribution in [0.1, 0.15) is 64.4 Å². The number of carbonyl (C=O) groups is 1. The molecular weight excluding hydrogens is 438 g/mol. The van der Waals surface area contributed by atoms with E-state index >= 15 is 0 Å². The number of allylic oxidation sites excluding steroid dienone is 1. The molecule has 3 saturated carbocycles. The summed E-state index contributed by atoms with van der Waals surface area (Å²) in [5.74, 6) is 1.55. The molecule has 0 amide bonds. The molecule has 4 nitrogen and oxygen atoms in total. The summed E-state index contributed by atoms with van der Waals surface area (Å²) in [4.78, 5) is 19.6. The number of Topliss-reactive ketones (excluding diaryl/α,β-unsaturated/α-hetero) is 1. The van der Waals surface area contributed by atoms with Crippen LogP contribution < -0.4 is 0 Å². The lowest BCUT2D eigenvalue weighted by Gasteiger charge is -2.56. The van der Waals surface area contributed by atoms with Crippen molar-refractivity contribution in [2.24, 2.45) is 33.7 Å². The van der Waals surface area contributed by atoms with Crippen LogP contribution in [0.15, 0.2) is 47.1 Å². The first-order valence-electron chi connectivity index (χ1n) is 13.2. The highest BCUT2D eigenvalue weighted by molar-refractivity contribution is 6.69. The third kappa shape index (κ3) is 4.24. The molecule has 0 aliphatic heterocycles. The topological polar surface area (TPSA) is 47.9 Å². The number of nitrogens with zero attached hydrogens (tertiary/aromatic N) is 1. The Bertz CT molecular complexity index is 996. The van der Waals surface area contributed by atoms with Gasteiger partial charge in [-0.1, -0.05) is 61.0 Å². The summed E-state index contributed by atoms with van der Waals surface area (Å²) in [6.07, 6.45) is 9.72. The summed E-state index contributed by atoms with van der Waals surface area (Å²) in [7, 11) is -1.56. The van der Waals surface area contributed by atoms with Crippen molar-refractivity contribution >= 4 is 19.8 Å². The summed E-state index contributed by atoms with van der Waals surface area (Å²) in [6.45, 7) is 12.0. The van der Waals surface area contributed by atoms with Gasteiger partial charge >= 0.3 is 0 Å². The Labute approximate surface area is 206 Å². The van der Waals surface area contributed by atoms with E-state index in [1.165, 1.54) is 5.57 Å². The lowest BCUT2D eigenvalue weighted by Crippen LogP contribution is -2.55. The number of benzene rings is 1. The molecule has 0 N–H and O–H groups in total. The average molecular weight is 480 g/mol. The summed E-state index contributed by atoms with van der Waals surface area (Å²) in [5, 5.41) is 4.63. The van der Waals surface area contributed by atoms with Gasteiger partial charge in [0.25, 0.3) is 0 Å². The number of hydrogen-bond acceptors (Lipinski definition) is 4. The minimum atomic E-state index is -1.56. The average Bonchev–Trinajstić information content (AvgIpc) is 3.09. The highest BCUT2D eigenvalue weighted by atomic mass is 28.4. The smallest absolute Gasteiger partial charge is 0.184 e. The van der Waals surface area contributed by atoms with Crippen LogP contribution in [0.5, 0.6) is 0 Å². The van der Waals surface area contributed by atoms with Crippen LogP contribution in [0, 0.1) is 28.6 Å². The van der Waals surface area contributed by atoms with Gasteiger partial charge in [-0.3, -0.25) is 4.79 Å². The van der Waals surface area contributed by atoms with Crippen molar-refractivity contribution in [3.8, 4) is 0 Å². The minimum absolute atomic E-state index is 0.00430. The molecule has 3 fully saturated rings. The van der Waals surface area contributed by atoms with Gasteiger partial charge in [-0.15, -0.1) is 0 Å². The monoisotopic (exact) mass is 479 g/mol. The molecule has 184 valence electrons. The first-order valence-corrected chi connectivity index (χ1v) is 16.6. The lowest BCUT2D eigenvalue weighted by molar-refractivity contribution is -0.140.